The lowest BCUT2D eigenvalue weighted by atomic mass is 9.97. The van der Waals surface area contributed by atoms with E-state index in [1.807, 2.05) is 0 Å². The van der Waals surface area contributed by atoms with Gasteiger partial charge < -0.3 is 21.7 Å². The van der Waals surface area contributed by atoms with Crippen molar-refractivity contribution in [2.75, 3.05) is 18.1 Å². The van der Waals surface area contributed by atoms with Gasteiger partial charge in [-0.15, -0.1) is 0 Å². The van der Waals surface area contributed by atoms with Crippen LogP contribution in [0.3, 0.4) is 0 Å². The van der Waals surface area contributed by atoms with Crippen molar-refractivity contribution in [3.05, 3.63) is 22.8 Å². The molecule has 1 rings (SSSR count). The number of rotatable bonds is 3. The van der Waals surface area contributed by atoms with Gasteiger partial charge in [0, 0.05) is 5.56 Å². The Kier molecular flexibility index (Phi) is 3.51. The third-order valence-electron chi connectivity index (χ3n) is 2.68. The van der Waals surface area contributed by atoms with Crippen LogP contribution in [0.2, 0.25) is 0 Å². The van der Waals surface area contributed by atoms with E-state index in [-0.39, 0.29) is 11.3 Å². The van der Waals surface area contributed by atoms with E-state index in [9.17, 15) is 9.90 Å². The molecule has 6 N–H and O–H groups in total. The number of ketones is 1. The molecule has 5 heteroatoms. The molecule has 5 nitrogen and oxygen atoms in total. The summed E-state index contributed by atoms with van der Waals surface area (Å²) >= 11 is 0. The zero-order chi connectivity index (χ0) is 12.5. The molecule has 0 aliphatic rings. The minimum atomic E-state index is -1.45. The largest absolute Gasteiger partial charge is 0.397 e. The molecular formula is C11H16N2O3. The van der Waals surface area contributed by atoms with Crippen LogP contribution in [-0.4, -0.2) is 28.7 Å². The summed E-state index contributed by atoms with van der Waals surface area (Å²) in [5, 5.41) is 18.0. The molecule has 0 spiro atoms. The second-order valence-corrected chi connectivity index (χ2v) is 3.76. The number of nitrogens with two attached hydrogens (primary N) is 2. The molecule has 16 heavy (non-hydrogen) atoms. The fourth-order valence-corrected chi connectivity index (χ4v) is 1.43. The Morgan fingerprint density at radius 3 is 2.44 bits per heavy atom. The first kappa shape index (κ1) is 12.5. The standard InChI is InChI=1S/C11H16N2O3/c1-5-3-7(11(16)8(15)4-14)10(13)9(12)6(5)2/h3,8,14-15H,4,12-13H2,1-2H3. The smallest absolute Gasteiger partial charge is 0.195 e. The number of benzene rings is 1. The molecular weight excluding hydrogens is 208 g/mol. The van der Waals surface area contributed by atoms with E-state index in [0.29, 0.717) is 5.69 Å². The molecule has 0 fully saturated rings. The Bertz CT molecular complexity index is 430. The maximum atomic E-state index is 11.7. The van der Waals surface area contributed by atoms with Gasteiger partial charge in [0.25, 0.3) is 0 Å². The van der Waals surface area contributed by atoms with Crippen LogP contribution in [-0.2, 0) is 0 Å². The highest BCUT2D eigenvalue weighted by Crippen LogP contribution is 2.27. The summed E-state index contributed by atoms with van der Waals surface area (Å²) in [5.74, 6) is -0.616. The third kappa shape index (κ3) is 2.00. The first-order valence-electron chi connectivity index (χ1n) is 4.88. The second kappa shape index (κ2) is 4.51. The summed E-state index contributed by atoms with van der Waals surface area (Å²) in [5.41, 5.74) is 13.7. The van der Waals surface area contributed by atoms with Gasteiger partial charge in [0.15, 0.2) is 5.78 Å². The van der Waals surface area contributed by atoms with Crippen LogP contribution in [0.4, 0.5) is 11.4 Å². The lowest BCUT2D eigenvalue weighted by Gasteiger charge is -2.14. The van der Waals surface area contributed by atoms with Crippen LogP contribution in [0.15, 0.2) is 6.07 Å². The highest BCUT2D eigenvalue weighted by atomic mass is 16.3. The third-order valence-corrected chi connectivity index (χ3v) is 2.68. The van der Waals surface area contributed by atoms with E-state index in [2.05, 4.69) is 0 Å². The summed E-state index contributed by atoms with van der Waals surface area (Å²) in [6.45, 7) is 2.97. The van der Waals surface area contributed by atoms with E-state index in [0.717, 1.165) is 11.1 Å². The normalized spacial score (nSPS) is 12.5. The van der Waals surface area contributed by atoms with Gasteiger partial charge in [-0.25, -0.2) is 0 Å². The summed E-state index contributed by atoms with van der Waals surface area (Å²) in [7, 11) is 0. The van der Waals surface area contributed by atoms with E-state index in [1.165, 1.54) is 0 Å². The highest BCUT2D eigenvalue weighted by Gasteiger charge is 2.21. The number of hydrogen-bond acceptors (Lipinski definition) is 5. The summed E-state index contributed by atoms with van der Waals surface area (Å²) < 4.78 is 0. The number of carbonyl (C=O) groups excluding carboxylic acids is 1. The fourth-order valence-electron chi connectivity index (χ4n) is 1.43. The van der Waals surface area contributed by atoms with Gasteiger partial charge in [0.05, 0.1) is 18.0 Å². The summed E-state index contributed by atoms with van der Waals surface area (Å²) in [4.78, 5) is 11.7. The molecule has 0 radical (unpaired) electrons. The zero-order valence-electron chi connectivity index (χ0n) is 9.32. The van der Waals surface area contributed by atoms with Crippen molar-refractivity contribution in [1.82, 2.24) is 0 Å². The van der Waals surface area contributed by atoms with Crippen molar-refractivity contribution >= 4 is 17.2 Å². The number of anilines is 2. The van der Waals surface area contributed by atoms with E-state index < -0.39 is 18.5 Å². The Morgan fingerprint density at radius 1 is 1.38 bits per heavy atom. The van der Waals surface area contributed by atoms with Crippen molar-refractivity contribution in [2.45, 2.75) is 20.0 Å². The Morgan fingerprint density at radius 2 is 1.94 bits per heavy atom. The van der Waals surface area contributed by atoms with Crippen LogP contribution < -0.4 is 11.5 Å². The molecule has 1 aromatic rings. The molecule has 0 saturated carbocycles. The van der Waals surface area contributed by atoms with Crippen LogP contribution in [0.5, 0.6) is 0 Å². The topological polar surface area (TPSA) is 110 Å². The predicted molar refractivity (Wildman–Crippen MR) is 62.2 cm³/mol. The number of aliphatic hydroxyl groups excluding tert-OH is 2. The molecule has 0 aliphatic heterocycles. The van der Waals surface area contributed by atoms with E-state index in [4.69, 9.17) is 16.6 Å². The monoisotopic (exact) mass is 224 g/mol. The minimum absolute atomic E-state index is 0.153. The predicted octanol–water partition coefficient (Wildman–Crippen LogP) is 0.00374. The van der Waals surface area contributed by atoms with Gasteiger partial charge in [0.2, 0.25) is 0 Å². The zero-order valence-corrected chi connectivity index (χ0v) is 9.32. The average Bonchev–Trinajstić information content (AvgIpc) is 2.29. The van der Waals surface area contributed by atoms with Crippen molar-refractivity contribution in [2.24, 2.45) is 0 Å². The van der Waals surface area contributed by atoms with Crippen LogP contribution in [0, 0.1) is 13.8 Å². The SMILES string of the molecule is Cc1cc(C(=O)C(O)CO)c(N)c(N)c1C. The summed E-state index contributed by atoms with van der Waals surface area (Å²) in [6.07, 6.45) is -1.45. The van der Waals surface area contributed by atoms with Gasteiger partial charge in [0.1, 0.15) is 6.10 Å². The molecule has 0 saturated heterocycles. The molecule has 0 amide bonds. The lowest BCUT2D eigenvalue weighted by molar-refractivity contribution is 0.0588. The Labute approximate surface area is 93.7 Å². The number of Topliss-reactive ketones (excluding diaryl/α,β-unsaturated/α-hetero) is 1. The molecule has 88 valence electrons. The van der Waals surface area contributed by atoms with Crippen LogP contribution in [0.1, 0.15) is 21.5 Å². The highest BCUT2D eigenvalue weighted by molar-refractivity contribution is 6.06. The maximum Gasteiger partial charge on any atom is 0.195 e. The minimum Gasteiger partial charge on any atom is -0.397 e. The summed E-state index contributed by atoms with van der Waals surface area (Å²) in [6, 6.07) is 1.57. The maximum absolute atomic E-state index is 11.7. The number of hydrogen-bond donors (Lipinski definition) is 4. The Hall–Kier alpha value is -1.59. The average molecular weight is 224 g/mol. The van der Waals surface area contributed by atoms with Crippen LogP contribution >= 0.6 is 0 Å². The van der Waals surface area contributed by atoms with Crippen molar-refractivity contribution < 1.29 is 15.0 Å². The van der Waals surface area contributed by atoms with E-state index >= 15 is 0 Å². The van der Waals surface area contributed by atoms with Gasteiger partial charge in [-0.05, 0) is 31.0 Å². The molecule has 1 atom stereocenters. The van der Waals surface area contributed by atoms with Crippen LogP contribution in [0.25, 0.3) is 0 Å². The molecule has 0 aliphatic carbocycles. The van der Waals surface area contributed by atoms with E-state index in [1.54, 1.807) is 19.9 Å². The second-order valence-electron chi connectivity index (χ2n) is 3.76. The first-order valence-corrected chi connectivity index (χ1v) is 4.88. The number of nitrogen functional groups attached to an aromatic ring is 2. The van der Waals surface area contributed by atoms with Crippen molar-refractivity contribution in [3.8, 4) is 0 Å². The molecule has 1 aromatic carbocycles. The molecule has 0 aromatic heterocycles. The number of aliphatic hydroxyl groups is 2. The first-order chi connectivity index (χ1) is 7.40. The molecule has 0 heterocycles. The quantitative estimate of drug-likeness (QED) is 0.427. The van der Waals surface area contributed by atoms with Gasteiger partial charge in [-0.3, -0.25) is 4.79 Å². The van der Waals surface area contributed by atoms with Gasteiger partial charge in [-0.1, -0.05) is 0 Å². The van der Waals surface area contributed by atoms with Crippen molar-refractivity contribution in [3.63, 3.8) is 0 Å². The van der Waals surface area contributed by atoms with Gasteiger partial charge in [-0.2, -0.15) is 0 Å². The Balaban J connectivity index is 3.31. The number of aryl methyl sites for hydroxylation is 1. The van der Waals surface area contributed by atoms with Crippen molar-refractivity contribution in [1.29, 1.82) is 0 Å². The fraction of sp³-hybridized carbons (Fsp3) is 0.364. The lowest BCUT2D eigenvalue weighted by Crippen LogP contribution is -2.25. The molecule has 0 bridgehead atoms. The number of carbonyl (C=O) groups is 1. The molecule has 1 unspecified atom stereocenters. The van der Waals surface area contributed by atoms with Gasteiger partial charge >= 0.3 is 0 Å².